The lowest BCUT2D eigenvalue weighted by molar-refractivity contribution is 1.15. The minimum atomic E-state index is 0.796. The first-order chi connectivity index (χ1) is 6.34. The summed E-state index contributed by atoms with van der Waals surface area (Å²) in [6.45, 7) is 0.796. The van der Waals surface area contributed by atoms with Crippen LogP contribution in [-0.4, -0.2) is 9.97 Å². The summed E-state index contributed by atoms with van der Waals surface area (Å²) in [6, 6.07) is 0. The third-order valence-corrected chi connectivity index (χ3v) is 3.66. The number of nitrogens with one attached hydrogen (secondary N) is 1. The van der Waals surface area contributed by atoms with E-state index in [0.29, 0.717) is 0 Å². The van der Waals surface area contributed by atoms with Crippen LogP contribution in [0.2, 0.25) is 0 Å². The Labute approximate surface area is 92.0 Å². The van der Waals surface area contributed by atoms with Gasteiger partial charge in [-0.15, -0.1) is 22.7 Å². The molecule has 13 heavy (non-hydrogen) atoms. The maximum absolute atomic E-state index is 4.22. The highest BCUT2D eigenvalue weighted by atomic mass is 79.9. The molecule has 1 N–H and O–H groups in total. The number of anilines is 1. The molecule has 0 fully saturated rings. The third-order valence-electron chi connectivity index (χ3n) is 1.37. The molecule has 0 aliphatic carbocycles. The standard InChI is InChI=1S/C7H6BrN3S2/c8-6-3-12-7(11-6)10-2-5-1-9-4-13-5/h1,3-4H,2H2,(H,10,11). The first kappa shape index (κ1) is 9.11. The second-order valence-corrected chi connectivity index (χ2v) is 4.94. The summed E-state index contributed by atoms with van der Waals surface area (Å²) in [5.41, 5.74) is 1.83. The smallest absolute Gasteiger partial charge is 0.184 e. The molecule has 0 atom stereocenters. The highest BCUT2D eigenvalue weighted by Crippen LogP contribution is 2.20. The highest BCUT2D eigenvalue weighted by Gasteiger charge is 1.99. The fourth-order valence-corrected chi connectivity index (χ4v) is 2.51. The molecule has 2 aromatic rings. The molecule has 0 saturated heterocycles. The van der Waals surface area contributed by atoms with E-state index in [1.807, 2.05) is 17.1 Å². The lowest BCUT2D eigenvalue weighted by Crippen LogP contribution is -1.96. The van der Waals surface area contributed by atoms with Crippen LogP contribution in [0.15, 0.2) is 21.7 Å². The summed E-state index contributed by atoms with van der Waals surface area (Å²) in [4.78, 5) is 9.42. The summed E-state index contributed by atoms with van der Waals surface area (Å²) < 4.78 is 0.879. The van der Waals surface area contributed by atoms with E-state index in [2.05, 4.69) is 31.2 Å². The molecular formula is C7H6BrN3S2. The molecular weight excluding hydrogens is 270 g/mol. The predicted octanol–water partition coefficient (Wildman–Crippen LogP) is 2.97. The van der Waals surface area contributed by atoms with Gasteiger partial charge in [-0.2, -0.15) is 0 Å². The molecule has 0 saturated carbocycles. The Bertz CT molecular complexity index is 371. The monoisotopic (exact) mass is 275 g/mol. The fraction of sp³-hybridized carbons (Fsp3) is 0.143. The van der Waals surface area contributed by atoms with E-state index >= 15 is 0 Å². The average molecular weight is 276 g/mol. The van der Waals surface area contributed by atoms with Gasteiger partial charge in [0.1, 0.15) is 4.60 Å². The minimum absolute atomic E-state index is 0.796. The SMILES string of the molecule is Brc1csc(NCc2cncs2)n1. The molecule has 2 heterocycles. The van der Waals surface area contributed by atoms with E-state index in [0.717, 1.165) is 16.3 Å². The Morgan fingerprint density at radius 1 is 1.46 bits per heavy atom. The van der Waals surface area contributed by atoms with E-state index < -0.39 is 0 Å². The van der Waals surface area contributed by atoms with Crippen molar-refractivity contribution < 1.29 is 0 Å². The van der Waals surface area contributed by atoms with E-state index in [1.165, 1.54) is 4.88 Å². The zero-order valence-electron chi connectivity index (χ0n) is 6.53. The van der Waals surface area contributed by atoms with Crippen LogP contribution in [0.25, 0.3) is 0 Å². The van der Waals surface area contributed by atoms with Crippen molar-refractivity contribution >= 4 is 43.7 Å². The van der Waals surface area contributed by atoms with Crippen LogP contribution in [0.4, 0.5) is 5.13 Å². The quantitative estimate of drug-likeness (QED) is 0.936. The van der Waals surface area contributed by atoms with Crippen molar-refractivity contribution in [2.24, 2.45) is 0 Å². The van der Waals surface area contributed by atoms with E-state index in [-0.39, 0.29) is 0 Å². The molecule has 2 aromatic heterocycles. The van der Waals surface area contributed by atoms with Crippen molar-refractivity contribution in [3.05, 3.63) is 26.6 Å². The van der Waals surface area contributed by atoms with Crippen molar-refractivity contribution in [1.82, 2.24) is 9.97 Å². The van der Waals surface area contributed by atoms with Crippen LogP contribution in [0.3, 0.4) is 0 Å². The number of hydrogen-bond donors (Lipinski definition) is 1. The second kappa shape index (κ2) is 4.17. The number of hydrogen-bond acceptors (Lipinski definition) is 5. The highest BCUT2D eigenvalue weighted by molar-refractivity contribution is 9.10. The second-order valence-electron chi connectivity index (χ2n) is 2.30. The molecule has 0 bridgehead atoms. The van der Waals surface area contributed by atoms with Gasteiger partial charge >= 0.3 is 0 Å². The molecule has 0 aromatic carbocycles. The van der Waals surface area contributed by atoms with Crippen molar-refractivity contribution in [2.45, 2.75) is 6.54 Å². The summed E-state index contributed by atoms with van der Waals surface area (Å²) in [5, 5.41) is 6.10. The molecule has 68 valence electrons. The van der Waals surface area contributed by atoms with Crippen molar-refractivity contribution in [2.75, 3.05) is 5.32 Å². The number of halogens is 1. The molecule has 0 radical (unpaired) electrons. The van der Waals surface area contributed by atoms with Crippen molar-refractivity contribution in [3.63, 3.8) is 0 Å². The van der Waals surface area contributed by atoms with Gasteiger partial charge in [0.25, 0.3) is 0 Å². The third kappa shape index (κ3) is 2.49. The van der Waals surface area contributed by atoms with Gasteiger partial charge in [-0.05, 0) is 15.9 Å². The number of thiazole rings is 2. The molecule has 0 aliphatic heterocycles. The van der Waals surface area contributed by atoms with Gasteiger partial charge in [-0.25, -0.2) is 4.98 Å². The molecule has 6 heteroatoms. The van der Waals surface area contributed by atoms with Crippen molar-refractivity contribution in [1.29, 1.82) is 0 Å². The Balaban J connectivity index is 1.93. The topological polar surface area (TPSA) is 37.8 Å². The largest absolute Gasteiger partial charge is 0.357 e. The van der Waals surface area contributed by atoms with Crippen LogP contribution in [0.5, 0.6) is 0 Å². The van der Waals surface area contributed by atoms with Gasteiger partial charge in [0.15, 0.2) is 5.13 Å². The Hall–Kier alpha value is -0.460. The summed E-state index contributed by atoms with van der Waals surface area (Å²) in [5.74, 6) is 0. The normalized spacial score (nSPS) is 10.2. The Morgan fingerprint density at radius 2 is 2.38 bits per heavy atom. The number of aromatic nitrogens is 2. The molecule has 2 rings (SSSR count). The Kier molecular flexibility index (Phi) is 2.92. The lowest BCUT2D eigenvalue weighted by Gasteiger charge is -1.97. The number of nitrogens with zero attached hydrogens (tertiary/aromatic N) is 2. The van der Waals surface area contributed by atoms with E-state index in [9.17, 15) is 0 Å². The van der Waals surface area contributed by atoms with Crippen molar-refractivity contribution in [3.8, 4) is 0 Å². The average Bonchev–Trinajstić information content (AvgIpc) is 2.71. The number of rotatable bonds is 3. The van der Waals surface area contributed by atoms with Crippen LogP contribution >= 0.6 is 38.6 Å². The van der Waals surface area contributed by atoms with Gasteiger partial charge in [-0.3, -0.25) is 4.98 Å². The van der Waals surface area contributed by atoms with Gasteiger partial charge in [0.2, 0.25) is 0 Å². The molecule has 0 amide bonds. The zero-order valence-corrected chi connectivity index (χ0v) is 9.75. The maximum Gasteiger partial charge on any atom is 0.184 e. The first-order valence-electron chi connectivity index (χ1n) is 3.57. The zero-order chi connectivity index (χ0) is 9.10. The lowest BCUT2D eigenvalue weighted by atomic mass is 10.5. The van der Waals surface area contributed by atoms with E-state index in [1.54, 1.807) is 22.7 Å². The fourth-order valence-electron chi connectivity index (χ4n) is 0.828. The molecule has 0 unspecified atom stereocenters. The summed E-state index contributed by atoms with van der Waals surface area (Å²) >= 11 is 6.53. The van der Waals surface area contributed by atoms with E-state index in [4.69, 9.17) is 0 Å². The summed E-state index contributed by atoms with van der Waals surface area (Å²) in [6.07, 6.45) is 1.86. The van der Waals surface area contributed by atoms with Gasteiger partial charge in [0.05, 0.1) is 12.1 Å². The molecule has 3 nitrogen and oxygen atoms in total. The van der Waals surface area contributed by atoms with Gasteiger partial charge < -0.3 is 5.32 Å². The van der Waals surface area contributed by atoms with Crippen LogP contribution in [-0.2, 0) is 6.54 Å². The molecule has 0 spiro atoms. The Morgan fingerprint density at radius 3 is 3.00 bits per heavy atom. The first-order valence-corrected chi connectivity index (χ1v) is 6.12. The minimum Gasteiger partial charge on any atom is -0.357 e. The predicted molar refractivity (Wildman–Crippen MR) is 59.3 cm³/mol. The van der Waals surface area contributed by atoms with Crippen LogP contribution < -0.4 is 5.32 Å². The summed E-state index contributed by atoms with van der Waals surface area (Å²) in [7, 11) is 0. The van der Waals surface area contributed by atoms with Crippen LogP contribution in [0, 0.1) is 0 Å². The van der Waals surface area contributed by atoms with Gasteiger partial charge in [0, 0.05) is 16.5 Å². The maximum atomic E-state index is 4.22. The molecule has 0 aliphatic rings. The van der Waals surface area contributed by atoms with Gasteiger partial charge in [-0.1, -0.05) is 0 Å². The van der Waals surface area contributed by atoms with Crippen LogP contribution in [0.1, 0.15) is 4.88 Å².